The number of benzene rings is 3. The first kappa shape index (κ1) is 27.7. The number of rotatable bonds is 12. The van der Waals surface area contributed by atoms with Crippen molar-refractivity contribution in [2.45, 2.75) is 32.1 Å². The fraction of sp³-hybridized carbons (Fsp3) is 0.387. The summed E-state index contributed by atoms with van der Waals surface area (Å²) < 4.78 is 33.0. The van der Waals surface area contributed by atoms with E-state index >= 15 is 0 Å². The highest BCUT2D eigenvalue weighted by Gasteiger charge is 2.19. The van der Waals surface area contributed by atoms with Gasteiger partial charge in [-0.05, 0) is 66.9 Å². The van der Waals surface area contributed by atoms with Crippen LogP contribution in [0.1, 0.15) is 43.2 Å². The third-order valence-corrected chi connectivity index (χ3v) is 7.12. The van der Waals surface area contributed by atoms with Gasteiger partial charge in [-0.15, -0.1) is 0 Å². The molecule has 7 heteroatoms. The lowest BCUT2D eigenvalue weighted by Crippen LogP contribution is -2.47. The number of ether oxygens (including phenoxy) is 1. The molecule has 1 fully saturated rings. The van der Waals surface area contributed by atoms with Crippen molar-refractivity contribution in [2.24, 2.45) is 0 Å². The van der Waals surface area contributed by atoms with Crippen LogP contribution >= 0.6 is 0 Å². The van der Waals surface area contributed by atoms with Gasteiger partial charge in [0.1, 0.15) is 24.0 Å². The van der Waals surface area contributed by atoms with Crippen molar-refractivity contribution in [1.82, 2.24) is 9.80 Å². The zero-order valence-electron chi connectivity index (χ0n) is 22.0. The number of amides is 1. The standard InChI is InChI=1S/C31H37F2N3O2/c1-2-31(37)34-29-7-3-4-8-30(29)38-23-22-36-20-18-35(19-21-36)17-5-6-28(24-9-13-26(32)14-10-24)25-11-15-27(33)16-12-25/h3-4,7-16,28H,2,5-6,17-23H2,1H3,(H,34,37). The fourth-order valence-electron chi connectivity index (χ4n) is 4.89. The lowest BCUT2D eigenvalue weighted by molar-refractivity contribution is -0.115. The number of hydrogen-bond donors (Lipinski definition) is 1. The number of nitrogens with zero attached hydrogens (tertiary/aromatic N) is 2. The SMILES string of the molecule is CCC(=O)Nc1ccccc1OCCN1CCN(CCCC(c2ccc(F)cc2)c2ccc(F)cc2)CC1. The van der Waals surface area contributed by atoms with Crippen LogP contribution in [0.15, 0.2) is 72.8 Å². The van der Waals surface area contributed by atoms with Crippen LogP contribution < -0.4 is 10.1 Å². The van der Waals surface area contributed by atoms with Crippen LogP contribution in [0.3, 0.4) is 0 Å². The molecule has 0 radical (unpaired) electrons. The molecule has 3 aromatic carbocycles. The van der Waals surface area contributed by atoms with Crippen LogP contribution in [0, 0.1) is 11.6 Å². The molecule has 202 valence electrons. The van der Waals surface area contributed by atoms with E-state index in [2.05, 4.69) is 15.1 Å². The van der Waals surface area contributed by atoms with Gasteiger partial charge in [0.2, 0.25) is 5.91 Å². The Kier molecular flexibility index (Phi) is 10.2. The Morgan fingerprint density at radius 3 is 1.97 bits per heavy atom. The van der Waals surface area contributed by atoms with Crippen LogP contribution in [0.25, 0.3) is 0 Å². The van der Waals surface area contributed by atoms with E-state index in [4.69, 9.17) is 4.74 Å². The predicted octanol–water partition coefficient (Wildman–Crippen LogP) is 5.92. The van der Waals surface area contributed by atoms with Gasteiger partial charge in [0.15, 0.2) is 0 Å². The van der Waals surface area contributed by atoms with E-state index in [9.17, 15) is 13.6 Å². The van der Waals surface area contributed by atoms with E-state index in [1.54, 1.807) is 0 Å². The van der Waals surface area contributed by atoms with Gasteiger partial charge in [0.25, 0.3) is 0 Å². The van der Waals surface area contributed by atoms with E-state index in [1.807, 2.05) is 55.5 Å². The monoisotopic (exact) mass is 521 g/mol. The molecular weight excluding hydrogens is 484 g/mol. The lowest BCUT2D eigenvalue weighted by Gasteiger charge is -2.34. The zero-order valence-corrected chi connectivity index (χ0v) is 22.0. The van der Waals surface area contributed by atoms with Crippen LogP contribution in [-0.2, 0) is 4.79 Å². The fourth-order valence-corrected chi connectivity index (χ4v) is 4.89. The number of hydrogen-bond acceptors (Lipinski definition) is 4. The molecule has 0 aromatic heterocycles. The van der Waals surface area contributed by atoms with Crippen molar-refractivity contribution in [1.29, 1.82) is 0 Å². The molecule has 3 aromatic rings. The minimum atomic E-state index is -0.248. The van der Waals surface area contributed by atoms with E-state index in [0.29, 0.717) is 24.5 Å². The number of nitrogens with one attached hydrogen (secondary N) is 1. The van der Waals surface area contributed by atoms with Gasteiger partial charge in [-0.3, -0.25) is 9.69 Å². The molecule has 0 bridgehead atoms. The summed E-state index contributed by atoms with van der Waals surface area (Å²) in [6, 6.07) is 20.9. The minimum Gasteiger partial charge on any atom is -0.490 e. The van der Waals surface area contributed by atoms with Crippen molar-refractivity contribution in [3.63, 3.8) is 0 Å². The molecule has 0 spiro atoms. The third-order valence-electron chi connectivity index (χ3n) is 7.12. The Morgan fingerprint density at radius 1 is 0.842 bits per heavy atom. The van der Waals surface area contributed by atoms with Crippen molar-refractivity contribution in [3.05, 3.63) is 95.6 Å². The topological polar surface area (TPSA) is 44.8 Å². The Balaban J connectivity index is 1.21. The summed E-state index contributed by atoms with van der Waals surface area (Å²) in [6.45, 7) is 8.19. The first-order valence-electron chi connectivity index (χ1n) is 13.5. The lowest BCUT2D eigenvalue weighted by atomic mass is 9.87. The molecule has 1 aliphatic rings. The van der Waals surface area contributed by atoms with Crippen molar-refractivity contribution in [3.8, 4) is 5.75 Å². The predicted molar refractivity (Wildman–Crippen MR) is 148 cm³/mol. The summed E-state index contributed by atoms with van der Waals surface area (Å²) in [5.41, 5.74) is 2.82. The molecule has 1 aliphatic heterocycles. The Hall–Kier alpha value is -3.29. The summed E-state index contributed by atoms with van der Waals surface area (Å²) in [4.78, 5) is 16.7. The number of anilines is 1. The second-order valence-electron chi connectivity index (χ2n) is 9.73. The molecule has 0 aliphatic carbocycles. The molecule has 38 heavy (non-hydrogen) atoms. The normalized spacial score (nSPS) is 14.5. The van der Waals surface area contributed by atoms with Crippen LogP contribution in [0.5, 0.6) is 5.75 Å². The summed E-state index contributed by atoms with van der Waals surface area (Å²) in [7, 11) is 0. The van der Waals surface area contributed by atoms with E-state index in [0.717, 1.165) is 63.2 Å². The maximum absolute atomic E-state index is 13.5. The molecule has 1 amide bonds. The van der Waals surface area contributed by atoms with Crippen LogP contribution in [-0.4, -0.2) is 61.6 Å². The van der Waals surface area contributed by atoms with Crippen LogP contribution in [0.4, 0.5) is 14.5 Å². The highest BCUT2D eigenvalue weighted by molar-refractivity contribution is 5.91. The van der Waals surface area contributed by atoms with Crippen molar-refractivity contribution in [2.75, 3.05) is 51.2 Å². The number of para-hydroxylation sites is 2. The van der Waals surface area contributed by atoms with E-state index in [-0.39, 0.29) is 23.5 Å². The zero-order chi connectivity index (χ0) is 26.7. The maximum Gasteiger partial charge on any atom is 0.224 e. The second-order valence-corrected chi connectivity index (χ2v) is 9.73. The largest absolute Gasteiger partial charge is 0.490 e. The number of carbonyl (C=O) groups excluding carboxylic acids is 1. The second kappa shape index (κ2) is 14.0. The van der Waals surface area contributed by atoms with Crippen LogP contribution in [0.2, 0.25) is 0 Å². The molecular formula is C31H37F2N3O2. The summed E-state index contributed by atoms with van der Waals surface area (Å²) >= 11 is 0. The van der Waals surface area contributed by atoms with Gasteiger partial charge in [-0.2, -0.15) is 0 Å². The quantitative estimate of drug-likeness (QED) is 0.321. The number of piperazine rings is 1. The first-order valence-corrected chi connectivity index (χ1v) is 13.5. The highest BCUT2D eigenvalue weighted by atomic mass is 19.1. The molecule has 0 atom stereocenters. The molecule has 1 heterocycles. The van der Waals surface area contributed by atoms with E-state index < -0.39 is 0 Å². The maximum atomic E-state index is 13.5. The summed E-state index contributed by atoms with van der Waals surface area (Å²) in [5.74, 6) is 0.285. The van der Waals surface area contributed by atoms with Gasteiger partial charge in [-0.25, -0.2) is 8.78 Å². The molecule has 1 N–H and O–H groups in total. The van der Waals surface area contributed by atoms with Gasteiger partial charge in [-0.1, -0.05) is 43.3 Å². The highest BCUT2D eigenvalue weighted by Crippen LogP contribution is 2.30. The Labute approximate surface area is 224 Å². The molecule has 1 saturated heterocycles. The molecule has 0 unspecified atom stereocenters. The Morgan fingerprint density at radius 2 is 1.39 bits per heavy atom. The number of halogens is 2. The average Bonchev–Trinajstić information content (AvgIpc) is 2.94. The number of carbonyl (C=O) groups is 1. The van der Waals surface area contributed by atoms with Crippen molar-refractivity contribution >= 4 is 11.6 Å². The van der Waals surface area contributed by atoms with E-state index in [1.165, 1.54) is 24.3 Å². The van der Waals surface area contributed by atoms with Gasteiger partial charge >= 0.3 is 0 Å². The summed E-state index contributed by atoms with van der Waals surface area (Å²) in [5, 5.41) is 2.89. The smallest absolute Gasteiger partial charge is 0.224 e. The van der Waals surface area contributed by atoms with Gasteiger partial charge < -0.3 is 15.0 Å². The molecule has 0 saturated carbocycles. The molecule has 4 rings (SSSR count). The Bertz CT molecular complexity index is 1100. The average molecular weight is 522 g/mol. The third kappa shape index (κ3) is 8.10. The van der Waals surface area contributed by atoms with Crippen molar-refractivity contribution < 1.29 is 18.3 Å². The summed E-state index contributed by atoms with van der Waals surface area (Å²) in [6.07, 6.45) is 2.35. The first-order chi connectivity index (χ1) is 18.5. The minimum absolute atomic E-state index is 0.0289. The van der Waals surface area contributed by atoms with Gasteiger partial charge in [0, 0.05) is 45.1 Å². The molecule has 5 nitrogen and oxygen atoms in total. The van der Waals surface area contributed by atoms with Gasteiger partial charge in [0.05, 0.1) is 5.69 Å².